The number of amides is 1. The van der Waals surface area contributed by atoms with E-state index in [1.54, 1.807) is 10.8 Å². The third-order valence-corrected chi connectivity index (χ3v) is 5.88. The molecular formula is C26H25ClN4O3. The summed E-state index contributed by atoms with van der Waals surface area (Å²) >= 11 is 6.49. The number of carbonyl (C=O) groups is 2. The number of carbonyl (C=O) groups excluding carboxylic acids is 2. The van der Waals surface area contributed by atoms with Gasteiger partial charge in [0.2, 0.25) is 0 Å². The second-order valence-corrected chi connectivity index (χ2v) is 8.41. The van der Waals surface area contributed by atoms with E-state index in [4.69, 9.17) is 16.3 Å². The van der Waals surface area contributed by atoms with E-state index >= 15 is 0 Å². The first-order chi connectivity index (χ1) is 16.4. The molecule has 0 aliphatic carbocycles. The summed E-state index contributed by atoms with van der Waals surface area (Å²) in [5.74, 6) is -1.01. The van der Waals surface area contributed by atoms with Crippen LogP contribution in [0.2, 0.25) is 5.15 Å². The highest BCUT2D eigenvalue weighted by Gasteiger charge is 2.22. The van der Waals surface area contributed by atoms with Crippen molar-refractivity contribution in [1.82, 2.24) is 14.8 Å². The molecule has 2 aromatic carbocycles. The van der Waals surface area contributed by atoms with Gasteiger partial charge in [-0.15, -0.1) is 0 Å². The van der Waals surface area contributed by atoms with Crippen LogP contribution in [0.25, 0.3) is 6.08 Å². The van der Waals surface area contributed by atoms with Gasteiger partial charge in [-0.25, -0.2) is 14.5 Å². The molecule has 0 unspecified atom stereocenters. The minimum Gasteiger partial charge on any atom is -0.452 e. The van der Waals surface area contributed by atoms with E-state index in [1.165, 1.54) is 16.6 Å². The van der Waals surface area contributed by atoms with Crippen LogP contribution in [0.3, 0.4) is 0 Å². The van der Waals surface area contributed by atoms with E-state index in [-0.39, 0.29) is 12.5 Å². The molecule has 0 N–H and O–H groups in total. The Bertz CT molecular complexity index is 1250. The maximum atomic E-state index is 12.4. The molecule has 8 heteroatoms. The molecule has 1 aliphatic heterocycles. The van der Waals surface area contributed by atoms with Crippen molar-refractivity contribution < 1.29 is 14.3 Å². The fraction of sp³-hybridized carbons (Fsp3) is 0.231. The highest BCUT2D eigenvalue weighted by Crippen LogP contribution is 2.22. The lowest BCUT2D eigenvalue weighted by Gasteiger charge is -2.10. The molecule has 0 spiro atoms. The van der Waals surface area contributed by atoms with Gasteiger partial charge in [-0.05, 0) is 31.1 Å². The summed E-state index contributed by atoms with van der Waals surface area (Å²) < 4.78 is 6.80. The molecule has 0 saturated carbocycles. The average Bonchev–Trinajstić information content (AvgIpc) is 3.43. The lowest BCUT2D eigenvalue weighted by molar-refractivity contribution is -0.147. The van der Waals surface area contributed by atoms with Crippen molar-refractivity contribution in [3.8, 4) is 0 Å². The predicted octanol–water partition coefficient (Wildman–Crippen LogP) is 4.39. The van der Waals surface area contributed by atoms with Crippen molar-refractivity contribution in [2.24, 2.45) is 5.10 Å². The summed E-state index contributed by atoms with van der Waals surface area (Å²) in [5.41, 5.74) is 5.40. The highest BCUT2D eigenvalue weighted by molar-refractivity contribution is 6.31. The van der Waals surface area contributed by atoms with Gasteiger partial charge < -0.3 is 4.74 Å². The average molecular weight is 477 g/mol. The van der Waals surface area contributed by atoms with Gasteiger partial charge in [0, 0.05) is 18.1 Å². The minimum atomic E-state index is -0.637. The zero-order chi connectivity index (χ0) is 24.1. The van der Waals surface area contributed by atoms with Crippen LogP contribution in [0.15, 0.2) is 65.8 Å². The fourth-order valence-corrected chi connectivity index (χ4v) is 3.90. The van der Waals surface area contributed by atoms with Crippen LogP contribution in [-0.4, -0.2) is 45.5 Å². The van der Waals surface area contributed by atoms with Crippen molar-refractivity contribution >= 4 is 35.3 Å². The normalized spacial score (nSPS) is 13.4. The first kappa shape index (κ1) is 23.4. The monoisotopic (exact) mass is 476 g/mol. The van der Waals surface area contributed by atoms with E-state index in [0.717, 1.165) is 16.8 Å². The van der Waals surface area contributed by atoms with Gasteiger partial charge in [-0.1, -0.05) is 71.8 Å². The Balaban J connectivity index is 1.32. The topological polar surface area (TPSA) is 76.8 Å². The fourth-order valence-electron chi connectivity index (χ4n) is 3.61. The Morgan fingerprint density at radius 2 is 1.82 bits per heavy atom. The van der Waals surface area contributed by atoms with Gasteiger partial charge in [0.15, 0.2) is 6.61 Å². The number of halogens is 1. The van der Waals surface area contributed by atoms with Gasteiger partial charge in [-0.3, -0.25) is 4.79 Å². The molecular weight excluding hydrogens is 452 g/mol. The summed E-state index contributed by atoms with van der Waals surface area (Å²) in [6.45, 7) is 4.46. The van der Waals surface area contributed by atoms with Crippen molar-refractivity contribution in [2.75, 3.05) is 13.2 Å². The Kier molecular flexibility index (Phi) is 7.23. The summed E-state index contributed by atoms with van der Waals surface area (Å²) in [6, 6.07) is 17.8. The first-order valence-corrected chi connectivity index (χ1v) is 11.3. The molecule has 2 heterocycles. The maximum Gasteiger partial charge on any atom is 0.331 e. The van der Waals surface area contributed by atoms with E-state index < -0.39 is 5.97 Å². The molecule has 174 valence electrons. The second-order valence-electron chi connectivity index (χ2n) is 8.05. The number of rotatable bonds is 7. The number of benzene rings is 2. The molecule has 1 amide bonds. The lowest BCUT2D eigenvalue weighted by atomic mass is 10.1. The standard InChI is InChI=1S/C26H25ClN4O3/c1-18-8-10-20(11-9-18)16-31-26(27)22(19(2)28-31)12-13-25(33)34-17-24(32)30-15-14-23(29-30)21-6-4-3-5-7-21/h3-13H,14-17H2,1-2H3/b13-12+. The number of esters is 1. The summed E-state index contributed by atoms with van der Waals surface area (Å²) in [7, 11) is 0. The number of hydrogen-bond acceptors (Lipinski definition) is 5. The van der Waals surface area contributed by atoms with Crippen LogP contribution in [-0.2, 0) is 20.9 Å². The Morgan fingerprint density at radius 1 is 1.09 bits per heavy atom. The van der Waals surface area contributed by atoms with Crippen molar-refractivity contribution in [3.05, 3.63) is 93.8 Å². The van der Waals surface area contributed by atoms with Crippen LogP contribution in [0.1, 0.15) is 34.4 Å². The summed E-state index contributed by atoms with van der Waals surface area (Å²) in [4.78, 5) is 24.6. The Morgan fingerprint density at radius 3 is 2.56 bits per heavy atom. The number of nitrogens with zero attached hydrogens (tertiary/aromatic N) is 4. The van der Waals surface area contributed by atoms with Crippen LogP contribution in [0.5, 0.6) is 0 Å². The molecule has 1 aliphatic rings. The van der Waals surface area contributed by atoms with Gasteiger partial charge in [-0.2, -0.15) is 10.2 Å². The van der Waals surface area contributed by atoms with Crippen LogP contribution in [0, 0.1) is 13.8 Å². The summed E-state index contributed by atoms with van der Waals surface area (Å²) in [5, 5.41) is 10.6. The molecule has 0 atom stereocenters. The molecule has 4 rings (SSSR count). The number of hydrazone groups is 1. The highest BCUT2D eigenvalue weighted by atomic mass is 35.5. The van der Waals surface area contributed by atoms with Crippen LogP contribution in [0.4, 0.5) is 0 Å². The van der Waals surface area contributed by atoms with Gasteiger partial charge in [0.1, 0.15) is 5.15 Å². The first-order valence-electron chi connectivity index (χ1n) is 11.0. The molecule has 0 bridgehead atoms. The third-order valence-electron chi connectivity index (χ3n) is 5.48. The van der Waals surface area contributed by atoms with E-state index in [9.17, 15) is 9.59 Å². The molecule has 0 fully saturated rings. The summed E-state index contributed by atoms with van der Waals surface area (Å²) in [6.07, 6.45) is 3.47. The largest absolute Gasteiger partial charge is 0.452 e. The molecule has 34 heavy (non-hydrogen) atoms. The van der Waals surface area contributed by atoms with E-state index in [1.807, 2.05) is 68.4 Å². The number of ether oxygens (including phenoxy) is 1. The Labute approximate surface area is 203 Å². The Hall–Kier alpha value is -3.71. The zero-order valence-corrected chi connectivity index (χ0v) is 19.8. The maximum absolute atomic E-state index is 12.4. The smallest absolute Gasteiger partial charge is 0.331 e. The lowest BCUT2D eigenvalue weighted by Crippen LogP contribution is -2.28. The van der Waals surface area contributed by atoms with Crippen LogP contribution >= 0.6 is 11.6 Å². The third kappa shape index (κ3) is 5.61. The minimum absolute atomic E-state index is 0.368. The quantitative estimate of drug-likeness (QED) is 0.374. The number of aryl methyl sites for hydroxylation is 2. The van der Waals surface area contributed by atoms with Gasteiger partial charge in [0.25, 0.3) is 5.91 Å². The van der Waals surface area contributed by atoms with E-state index in [2.05, 4.69) is 10.2 Å². The van der Waals surface area contributed by atoms with Crippen molar-refractivity contribution in [2.45, 2.75) is 26.8 Å². The van der Waals surface area contributed by atoms with Gasteiger partial charge in [0.05, 0.1) is 24.5 Å². The zero-order valence-electron chi connectivity index (χ0n) is 19.1. The van der Waals surface area contributed by atoms with Crippen molar-refractivity contribution in [1.29, 1.82) is 0 Å². The number of aromatic nitrogens is 2. The molecule has 0 radical (unpaired) electrons. The molecule has 0 saturated heterocycles. The molecule has 3 aromatic rings. The number of hydrogen-bond donors (Lipinski definition) is 0. The van der Waals surface area contributed by atoms with E-state index in [0.29, 0.717) is 35.9 Å². The van der Waals surface area contributed by atoms with Crippen molar-refractivity contribution in [3.63, 3.8) is 0 Å². The SMILES string of the molecule is Cc1ccc(Cn2nc(C)c(/C=C/C(=O)OCC(=O)N3CCC(c4ccccc4)=N3)c2Cl)cc1. The molecule has 1 aromatic heterocycles. The van der Waals surface area contributed by atoms with Crippen LogP contribution < -0.4 is 0 Å². The van der Waals surface area contributed by atoms with Gasteiger partial charge >= 0.3 is 5.97 Å². The predicted molar refractivity (Wildman–Crippen MR) is 132 cm³/mol. The molecule has 7 nitrogen and oxygen atoms in total. The second kappa shape index (κ2) is 10.5.